The highest BCUT2D eigenvalue weighted by molar-refractivity contribution is 5.87. The minimum Gasteiger partial charge on any atom is -0.385 e. The highest BCUT2D eigenvalue weighted by Crippen LogP contribution is 2.12. The van der Waals surface area contributed by atoms with Gasteiger partial charge in [-0.25, -0.2) is 0 Å². The number of allylic oxidation sites excluding steroid dienone is 2. The zero-order valence-corrected chi connectivity index (χ0v) is 16.6. The quantitative estimate of drug-likeness (QED) is 0.258. The summed E-state index contributed by atoms with van der Waals surface area (Å²) in [5.41, 5.74) is 0. The number of unbranched alkanes of at least 4 members (excludes halogenated alkanes) is 12. The maximum atomic E-state index is 9.96. The first-order valence-electron chi connectivity index (χ1n) is 11.0. The average Bonchev–Trinajstić information content (AvgIpc) is 3.16. The molecule has 0 spiro atoms. The van der Waals surface area contributed by atoms with Crippen LogP contribution < -0.4 is 5.32 Å². The largest absolute Gasteiger partial charge is 0.385 e. The van der Waals surface area contributed by atoms with E-state index in [9.17, 15) is 5.11 Å². The molecule has 0 aliphatic carbocycles. The molecule has 3 nitrogen and oxygen atoms in total. The molecule has 0 bridgehead atoms. The first kappa shape index (κ1) is 22.2. The SMILES string of the molecule is CCCCCCCC/C=C\CCCCCCCCC(O)C1=NCCN1. The lowest BCUT2D eigenvalue weighted by atomic mass is 10.1. The third-order valence-electron chi connectivity index (χ3n) is 5.01. The lowest BCUT2D eigenvalue weighted by Gasteiger charge is -2.10. The van der Waals surface area contributed by atoms with Crippen molar-refractivity contribution in [3.8, 4) is 0 Å². The number of hydrogen-bond donors (Lipinski definition) is 2. The Morgan fingerprint density at radius 1 is 0.880 bits per heavy atom. The Labute approximate surface area is 156 Å². The number of hydrogen-bond acceptors (Lipinski definition) is 3. The number of nitrogens with one attached hydrogen (secondary N) is 1. The van der Waals surface area contributed by atoms with E-state index >= 15 is 0 Å². The highest BCUT2D eigenvalue weighted by atomic mass is 16.3. The van der Waals surface area contributed by atoms with Gasteiger partial charge in [0.15, 0.2) is 0 Å². The molecule has 0 aromatic rings. The number of aliphatic hydroxyl groups is 1. The third kappa shape index (κ3) is 13.1. The fourth-order valence-corrected chi connectivity index (χ4v) is 3.36. The van der Waals surface area contributed by atoms with Gasteiger partial charge in [-0.15, -0.1) is 0 Å². The summed E-state index contributed by atoms with van der Waals surface area (Å²) >= 11 is 0. The van der Waals surface area contributed by atoms with Gasteiger partial charge in [-0.2, -0.15) is 0 Å². The van der Waals surface area contributed by atoms with Crippen molar-refractivity contribution in [1.29, 1.82) is 0 Å². The first-order chi connectivity index (χ1) is 12.3. The molecule has 1 aliphatic heterocycles. The Balaban J connectivity index is 1.76. The van der Waals surface area contributed by atoms with Gasteiger partial charge >= 0.3 is 0 Å². The normalized spacial score (nSPS) is 15.5. The topological polar surface area (TPSA) is 44.6 Å². The summed E-state index contributed by atoms with van der Waals surface area (Å²) in [5.74, 6) is 0.813. The van der Waals surface area contributed by atoms with Gasteiger partial charge in [-0.05, 0) is 32.1 Å². The van der Waals surface area contributed by atoms with Gasteiger partial charge in [-0.3, -0.25) is 4.99 Å². The molecule has 146 valence electrons. The number of aliphatic imine (C=N–C) groups is 1. The highest BCUT2D eigenvalue weighted by Gasteiger charge is 2.14. The van der Waals surface area contributed by atoms with Gasteiger partial charge in [0.25, 0.3) is 0 Å². The van der Waals surface area contributed by atoms with Crippen molar-refractivity contribution in [3.63, 3.8) is 0 Å². The van der Waals surface area contributed by atoms with Gasteiger partial charge in [0.05, 0.1) is 6.54 Å². The predicted octanol–water partition coefficient (Wildman–Crippen LogP) is 5.78. The average molecular weight is 351 g/mol. The van der Waals surface area contributed by atoms with Gasteiger partial charge in [-0.1, -0.05) is 83.3 Å². The molecule has 1 unspecified atom stereocenters. The molecule has 1 atom stereocenters. The van der Waals surface area contributed by atoms with E-state index in [2.05, 4.69) is 29.4 Å². The van der Waals surface area contributed by atoms with Crippen molar-refractivity contribution in [1.82, 2.24) is 5.32 Å². The summed E-state index contributed by atoms with van der Waals surface area (Å²) < 4.78 is 0. The van der Waals surface area contributed by atoms with E-state index in [4.69, 9.17) is 0 Å². The zero-order valence-electron chi connectivity index (χ0n) is 16.6. The monoisotopic (exact) mass is 350 g/mol. The maximum Gasteiger partial charge on any atom is 0.126 e. The second-order valence-electron chi connectivity index (χ2n) is 7.44. The fourth-order valence-electron chi connectivity index (χ4n) is 3.36. The Bertz CT molecular complexity index is 352. The van der Waals surface area contributed by atoms with Crippen LogP contribution in [0.3, 0.4) is 0 Å². The van der Waals surface area contributed by atoms with E-state index in [-0.39, 0.29) is 6.10 Å². The molecule has 25 heavy (non-hydrogen) atoms. The molecule has 0 fully saturated rings. The number of amidine groups is 1. The summed E-state index contributed by atoms with van der Waals surface area (Å²) in [6.45, 7) is 3.98. The van der Waals surface area contributed by atoms with Crippen molar-refractivity contribution in [3.05, 3.63) is 12.2 Å². The van der Waals surface area contributed by atoms with E-state index in [1.165, 1.54) is 83.5 Å². The van der Waals surface area contributed by atoms with E-state index in [0.717, 1.165) is 31.8 Å². The number of nitrogens with zero attached hydrogens (tertiary/aromatic N) is 1. The van der Waals surface area contributed by atoms with E-state index in [1.807, 2.05) is 0 Å². The Morgan fingerprint density at radius 3 is 2.00 bits per heavy atom. The maximum absolute atomic E-state index is 9.96. The minimum absolute atomic E-state index is 0.362. The summed E-state index contributed by atoms with van der Waals surface area (Å²) in [6.07, 6.45) is 23.8. The van der Waals surface area contributed by atoms with Crippen molar-refractivity contribution in [2.75, 3.05) is 13.1 Å². The van der Waals surface area contributed by atoms with Gasteiger partial charge in [0.1, 0.15) is 11.9 Å². The molecule has 0 aromatic heterocycles. The standard InChI is InChI=1S/C22H42N2O/c1-2-3-4-5-6-7-8-9-10-11-12-13-14-15-16-17-18-21(25)22-23-19-20-24-22/h9-10,21,25H,2-8,11-20H2,1H3,(H,23,24)/b10-9-. The molecule has 1 aliphatic rings. The third-order valence-corrected chi connectivity index (χ3v) is 5.01. The van der Waals surface area contributed by atoms with Gasteiger partial charge in [0.2, 0.25) is 0 Å². The fraction of sp³-hybridized carbons (Fsp3) is 0.864. The van der Waals surface area contributed by atoms with E-state index < -0.39 is 0 Å². The predicted molar refractivity (Wildman–Crippen MR) is 110 cm³/mol. The molecule has 2 N–H and O–H groups in total. The van der Waals surface area contributed by atoms with Crippen LogP contribution in [0.15, 0.2) is 17.1 Å². The first-order valence-corrected chi connectivity index (χ1v) is 11.0. The van der Waals surface area contributed by atoms with E-state index in [1.54, 1.807) is 0 Å². The smallest absolute Gasteiger partial charge is 0.126 e. The molecule has 1 rings (SSSR count). The van der Waals surface area contributed by atoms with Gasteiger partial charge < -0.3 is 10.4 Å². The van der Waals surface area contributed by atoms with Crippen LogP contribution in [0.2, 0.25) is 0 Å². The van der Waals surface area contributed by atoms with Crippen LogP contribution in [0.4, 0.5) is 0 Å². The second kappa shape index (κ2) is 16.6. The molecule has 0 saturated carbocycles. The lowest BCUT2D eigenvalue weighted by Crippen LogP contribution is -2.31. The van der Waals surface area contributed by atoms with Crippen LogP contribution in [-0.2, 0) is 0 Å². The Hall–Kier alpha value is -0.830. The molecule has 1 heterocycles. The van der Waals surface area contributed by atoms with Gasteiger partial charge in [0, 0.05) is 6.54 Å². The minimum atomic E-state index is -0.362. The molecule has 0 amide bonds. The van der Waals surface area contributed by atoms with Crippen molar-refractivity contribution >= 4 is 5.84 Å². The Kier molecular flexibility index (Phi) is 14.8. The van der Waals surface area contributed by atoms with Crippen molar-refractivity contribution < 1.29 is 5.11 Å². The molecular formula is C22H42N2O. The zero-order chi connectivity index (χ0) is 18.0. The summed E-state index contributed by atoms with van der Waals surface area (Å²) in [4.78, 5) is 4.28. The summed E-state index contributed by atoms with van der Waals surface area (Å²) in [7, 11) is 0. The Morgan fingerprint density at radius 2 is 1.44 bits per heavy atom. The number of aliphatic hydroxyl groups excluding tert-OH is 1. The molecule has 0 aromatic carbocycles. The van der Waals surface area contributed by atoms with Crippen molar-refractivity contribution in [2.45, 2.75) is 109 Å². The van der Waals surface area contributed by atoms with Crippen LogP contribution in [0, 0.1) is 0 Å². The second-order valence-corrected chi connectivity index (χ2v) is 7.44. The molecular weight excluding hydrogens is 308 g/mol. The van der Waals surface area contributed by atoms with Crippen LogP contribution in [0.1, 0.15) is 103 Å². The van der Waals surface area contributed by atoms with Crippen LogP contribution >= 0.6 is 0 Å². The van der Waals surface area contributed by atoms with E-state index in [0.29, 0.717) is 0 Å². The molecule has 0 saturated heterocycles. The van der Waals surface area contributed by atoms with Crippen LogP contribution in [-0.4, -0.2) is 30.1 Å². The summed E-state index contributed by atoms with van der Waals surface area (Å²) in [6, 6.07) is 0. The molecule has 3 heteroatoms. The summed E-state index contributed by atoms with van der Waals surface area (Å²) in [5, 5.41) is 13.1. The lowest BCUT2D eigenvalue weighted by molar-refractivity contribution is 0.223. The van der Waals surface area contributed by atoms with Crippen molar-refractivity contribution in [2.24, 2.45) is 4.99 Å². The number of rotatable bonds is 17. The molecule has 0 radical (unpaired) electrons. The van der Waals surface area contributed by atoms with Crippen LogP contribution in [0.5, 0.6) is 0 Å². The van der Waals surface area contributed by atoms with Crippen LogP contribution in [0.25, 0.3) is 0 Å².